The lowest BCUT2D eigenvalue weighted by molar-refractivity contribution is -0.140. The number of carbonyl (C=O) groups is 1. The second-order valence-corrected chi connectivity index (χ2v) is 2.65. The molecule has 0 aromatic heterocycles. The molecule has 0 heterocycles. The van der Waals surface area contributed by atoms with E-state index in [1.165, 1.54) is 0 Å². The first-order valence-corrected chi connectivity index (χ1v) is 4.34. The molecule has 0 saturated carbocycles. The zero-order valence-electron chi connectivity index (χ0n) is 8.32. The molecule has 6 heteroatoms. The summed E-state index contributed by atoms with van der Waals surface area (Å²) in [5, 5.41) is 6.66. The van der Waals surface area contributed by atoms with Crippen LogP contribution >= 0.6 is 0 Å². The van der Waals surface area contributed by atoms with Gasteiger partial charge in [-0.25, -0.2) is 0 Å². The second-order valence-electron chi connectivity index (χ2n) is 2.65. The minimum Gasteiger partial charge on any atom is -0.563 e. The van der Waals surface area contributed by atoms with Gasteiger partial charge in [0.15, 0.2) is 6.04 Å². The molecule has 0 aliphatic carbocycles. The summed E-state index contributed by atoms with van der Waals surface area (Å²) in [6, 6.07) is -0.853. The van der Waals surface area contributed by atoms with E-state index in [0.29, 0.717) is 26.4 Å². The highest BCUT2D eigenvalue weighted by atomic mass is 16.5. The summed E-state index contributed by atoms with van der Waals surface area (Å²) in [6.45, 7) is 1.93. The number of ether oxygens (including phenoxy) is 3. The van der Waals surface area contributed by atoms with Gasteiger partial charge in [0.25, 0.3) is 0 Å². The number of rotatable bonds is 9. The van der Waals surface area contributed by atoms with Gasteiger partial charge in [-0.1, -0.05) is 0 Å². The third-order valence-electron chi connectivity index (χ3n) is 1.44. The standard InChI is InChI=1S/C8H17NO5/c1-12-2-3-13-4-5-14-6-7(9)8(10)11/h7H,2-6,9H2,1H3,(H,10,11)/p+1/t7-/m0/s1. The molecule has 0 fully saturated rings. The van der Waals surface area contributed by atoms with Crippen molar-refractivity contribution in [2.24, 2.45) is 5.73 Å². The van der Waals surface area contributed by atoms with Crippen molar-refractivity contribution in [2.45, 2.75) is 6.04 Å². The summed E-state index contributed by atoms with van der Waals surface area (Å²) < 4.78 is 14.9. The molecule has 0 unspecified atom stereocenters. The lowest BCUT2D eigenvalue weighted by Crippen LogP contribution is -2.35. The van der Waals surface area contributed by atoms with E-state index in [1.807, 2.05) is 0 Å². The molecule has 0 spiro atoms. The third-order valence-corrected chi connectivity index (χ3v) is 1.44. The van der Waals surface area contributed by atoms with Crippen molar-refractivity contribution in [3.8, 4) is 0 Å². The second kappa shape index (κ2) is 8.89. The Bertz CT molecular complexity index is 153. The molecule has 0 bridgehead atoms. The van der Waals surface area contributed by atoms with E-state index in [0.717, 1.165) is 0 Å². The SMILES string of the molecule is COCCOCCOC[C@H](N)C(=O)[OH2+]. The van der Waals surface area contributed by atoms with Gasteiger partial charge < -0.3 is 25.1 Å². The molecular formula is C8H18NO5+. The highest BCUT2D eigenvalue weighted by Gasteiger charge is 2.18. The molecule has 0 amide bonds. The zero-order valence-corrected chi connectivity index (χ0v) is 8.32. The van der Waals surface area contributed by atoms with Gasteiger partial charge >= 0.3 is 5.97 Å². The van der Waals surface area contributed by atoms with E-state index in [2.05, 4.69) is 0 Å². The fraction of sp³-hybridized carbons (Fsp3) is 0.875. The minimum atomic E-state index is -0.853. The van der Waals surface area contributed by atoms with Crippen molar-refractivity contribution < 1.29 is 24.1 Å². The lowest BCUT2D eigenvalue weighted by atomic mass is 10.3. The number of hydrogen-bond acceptors (Lipinski definition) is 5. The van der Waals surface area contributed by atoms with Gasteiger partial charge in [-0.2, -0.15) is 0 Å². The smallest absolute Gasteiger partial charge is 0.535 e. The zero-order chi connectivity index (χ0) is 10.8. The predicted molar refractivity (Wildman–Crippen MR) is 50.1 cm³/mol. The first kappa shape index (κ1) is 13.3. The van der Waals surface area contributed by atoms with E-state index >= 15 is 0 Å². The molecule has 0 aromatic carbocycles. The molecule has 0 saturated heterocycles. The Hall–Kier alpha value is -0.690. The summed E-state index contributed by atoms with van der Waals surface area (Å²) in [4.78, 5) is 10.4. The molecule has 4 N–H and O–H groups in total. The number of methoxy groups -OCH3 is 1. The quantitative estimate of drug-likeness (QED) is 0.358. The van der Waals surface area contributed by atoms with Crippen LogP contribution in [-0.2, 0) is 19.0 Å². The fourth-order valence-corrected chi connectivity index (χ4v) is 0.648. The van der Waals surface area contributed by atoms with E-state index in [1.54, 1.807) is 7.11 Å². The molecular weight excluding hydrogens is 190 g/mol. The molecule has 1 atom stereocenters. The lowest BCUT2D eigenvalue weighted by Gasteiger charge is -2.05. The molecule has 14 heavy (non-hydrogen) atoms. The van der Waals surface area contributed by atoms with Gasteiger partial charge in [0, 0.05) is 11.9 Å². The van der Waals surface area contributed by atoms with Gasteiger partial charge in [0.05, 0.1) is 33.0 Å². The van der Waals surface area contributed by atoms with Crippen LogP contribution in [0.3, 0.4) is 0 Å². The Morgan fingerprint density at radius 1 is 1.29 bits per heavy atom. The normalized spacial score (nSPS) is 12.7. The Balaban J connectivity index is 3.09. The van der Waals surface area contributed by atoms with Crippen LogP contribution in [0.25, 0.3) is 0 Å². The van der Waals surface area contributed by atoms with E-state index < -0.39 is 12.0 Å². The van der Waals surface area contributed by atoms with Gasteiger partial charge in [-0.3, -0.25) is 0 Å². The van der Waals surface area contributed by atoms with Crippen molar-refractivity contribution in [2.75, 3.05) is 40.1 Å². The maximum Gasteiger partial charge on any atom is 0.535 e. The molecule has 0 aliphatic heterocycles. The van der Waals surface area contributed by atoms with Gasteiger partial charge in [0.2, 0.25) is 0 Å². The first-order chi connectivity index (χ1) is 6.68. The summed E-state index contributed by atoms with van der Waals surface area (Å²) in [5.74, 6) is -0.815. The van der Waals surface area contributed by atoms with Crippen LogP contribution < -0.4 is 5.73 Å². The van der Waals surface area contributed by atoms with Crippen molar-refractivity contribution in [1.29, 1.82) is 0 Å². The van der Waals surface area contributed by atoms with Crippen molar-refractivity contribution in [3.63, 3.8) is 0 Å². The maximum absolute atomic E-state index is 10.4. The van der Waals surface area contributed by atoms with Crippen LogP contribution in [0, 0.1) is 0 Å². The van der Waals surface area contributed by atoms with E-state index in [-0.39, 0.29) is 6.61 Å². The summed E-state index contributed by atoms with van der Waals surface area (Å²) in [5.41, 5.74) is 5.26. The van der Waals surface area contributed by atoms with Crippen LogP contribution in [0.5, 0.6) is 0 Å². The van der Waals surface area contributed by atoms with Gasteiger partial charge in [-0.05, 0) is 0 Å². The topological polar surface area (TPSA) is 93.7 Å². The van der Waals surface area contributed by atoms with E-state index in [9.17, 15) is 4.79 Å². The highest BCUT2D eigenvalue weighted by Crippen LogP contribution is 1.83. The molecule has 6 nitrogen and oxygen atoms in total. The first-order valence-electron chi connectivity index (χ1n) is 4.34. The van der Waals surface area contributed by atoms with Crippen LogP contribution in [0.15, 0.2) is 0 Å². The highest BCUT2D eigenvalue weighted by molar-refractivity contribution is 5.73. The van der Waals surface area contributed by atoms with Crippen LogP contribution in [0.1, 0.15) is 0 Å². The largest absolute Gasteiger partial charge is 0.563 e. The van der Waals surface area contributed by atoms with Crippen molar-refractivity contribution >= 4 is 5.97 Å². The summed E-state index contributed by atoms with van der Waals surface area (Å²) in [6.07, 6.45) is 0. The Labute approximate surface area is 82.9 Å². The van der Waals surface area contributed by atoms with Crippen LogP contribution in [0.2, 0.25) is 0 Å². The summed E-state index contributed by atoms with van der Waals surface area (Å²) >= 11 is 0. The van der Waals surface area contributed by atoms with E-state index in [4.69, 9.17) is 25.1 Å². The fourth-order valence-electron chi connectivity index (χ4n) is 0.648. The van der Waals surface area contributed by atoms with Gasteiger partial charge in [0.1, 0.15) is 0 Å². The molecule has 0 rings (SSSR count). The van der Waals surface area contributed by atoms with Crippen LogP contribution in [-0.4, -0.2) is 57.3 Å². The average molecular weight is 208 g/mol. The third kappa shape index (κ3) is 7.93. The van der Waals surface area contributed by atoms with Crippen molar-refractivity contribution in [1.82, 2.24) is 0 Å². The number of carbonyl (C=O) groups excluding carboxylic acids is 1. The Kier molecular flexibility index (Phi) is 8.45. The minimum absolute atomic E-state index is 0.0654. The Morgan fingerprint density at radius 3 is 2.43 bits per heavy atom. The maximum atomic E-state index is 10.4. The molecule has 0 radical (unpaired) electrons. The van der Waals surface area contributed by atoms with Gasteiger partial charge in [-0.15, -0.1) is 0 Å². The predicted octanol–water partition coefficient (Wildman–Crippen LogP) is -1.76. The average Bonchev–Trinajstić information content (AvgIpc) is 2.16. The van der Waals surface area contributed by atoms with Crippen LogP contribution in [0.4, 0.5) is 0 Å². The molecule has 0 aliphatic rings. The number of hydrogen-bond donors (Lipinski definition) is 1. The summed E-state index contributed by atoms with van der Waals surface area (Å²) in [7, 11) is 1.60. The van der Waals surface area contributed by atoms with Crippen molar-refractivity contribution in [3.05, 3.63) is 0 Å². The molecule has 84 valence electrons. The monoisotopic (exact) mass is 208 g/mol. The Morgan fingerprint density at radius 2 is 1.86 bits per heavy atom. The number of nitrogens with two attached hydrogens (primary N) is 1. The molecule has 0 aromatic rings.